The number of amides is 2. The van der Waals surface area contributed by atoms with Crippen molar-refractivity contribution in [1.29, 1.82) is 0 Å². The van der Waals surface area contributed by atoms with Gasteiger partial charge in [0.25, 0.3) is 5.91 Å². The highest BCUT2D eigenvalue weighted by atomic mass is 35.5. The van der Waals surface area contributed by atoms with Crippen LogP contribution in [0.15, 0.2) is 36.4 Å². The second kappa shape index (κ2) is 12.0. The van der Waals surface area contributed by atoms with Gasteiger partial charge in [0.1, 0.15) is 0 Å². The first-order valence-electron chi connectivity index (χ1n) is 13.8. The molecular weight excluding hydrogens is 521 g/mol. The third-order valence-electron chi connectivity index (χ3n) is 8.37. The number of hydrogen-bond acceptors (Lipinski definition) is 4. The van der Waals surface area contributed by atoms with E-state index in [1.807, 2.05) is 46.2 Å². The van der Waals surface area contributed by atoms with Gasteiger partial charge < -0.3 is 14.5 Å². The van der Waals surface area contributed by atoms with Crippen molar-refractivity contribution in [3.63, 3.8) is 0 Å². The molecule has 2 aromatic carbocycles. The molecule has 38 heavy (non-hydrogen) atoms. The van der Waals surface area contributed by atoms with E-state index in [1.165, 1.54) is 0 Å². The first kappa shape index (κ1) is 27.4. The van der Waals surface area contributed by atoms with E-state index in [1.54, 1.807) is 0 Å². The van der Waals surface area contributed by atoms with Gasteiger partial charge in [0.15, 0.2) is 0 Å². The molecule has 6 nitrogen and oxygen atoms in total. The summed E-state index contributed by atoms with van der Waals surface area (Å²) in [6.07, 6.45) is 3.20. The van der Waals surface area contributed by atoms with Crippen LogP contribution in [0.4, 0.5) is 0 Å². The lowest BCUT2D eigenvalue weighted by Crippen LogP contribution is -2.50. The summed E-state index contributed by atoms with van der Waals surface area (Å²) < 4.78 is 5.46. The Morgan fingerprint density at radius 2 is 1.55 bits per heavy atom. The van der Waals surface area contributed by atoms with Crippen molar-refractivity contribution in [3.8, 4) is 11.1 Å². The molecule has 3 aliphatic heterocycles. The Bertz CT molecular complexity index is 1130. The number of piperazine rings is 1. The van der Waals surface area contributed by atoms with Crippen molar-refractivity contribution < 1.29 is 14.3 Å². The minimum Gasteiger partial charge on any atom is -0.381 e. The van der Waals surface area contributed by atoms with E-state index < -0.39 is 0 Å². The molecule has 2 aromatic rings. The molecule has 0 unspecified atom stereocenters. The molecule has 1 atom stereocenters. The molecule has 204 valence electrons. The van der Waals surface area contributed by atoms with E-state index in [2.05, 4.69) is 18.7 Å². The van der Waals surface area contributed by atoms with Crippen LogP contribution in [0.2, 0.25) is 10.0 Å². The Morgan fingerprint density at radius 1 is 0.921 bits per heavy atom. The van der Waals surface area contributed by atoms with Gasteiger partial charge in [0, 0.05) is 79.5 Å². The van der Waals surface area contributed by atoms with Gasteiger partial charge in [-0.05, 0) is 80.5 Å². The number of halogens is 2. The number of carbonyl (C=O) groups is 2. The van der Waals surface area contributed by atoms with E-state index in [0.29, 0.717) is 28.1 Å². The number of hydrogen-bond donors (Lipinski definition) is 0. The third-order valence-corrected chi connectivity index (χ3v) is 9.05. The van der Waals surface area contributed by atoms with Crippen LogP contribution < -0.4 is 0 Å². The predicted octanol–water partition coefficient (Wildman–Crippen LogP) is 5.40. The zero-order valence-electron chi connectivity index (χ0n) is 22.3. The summed E-state index contributed by atoms with van der Waals surface area (Å²) in [5.74, 6) is 0.188. The van der Waals surface area contributed by atoms with Gasteiger partial charge in [0.2, 0.25) is 5.91 Å². The fourth-order valence-electron chi connectivity index (χ4n) is 5.95. The van der Waals surface area contributed by atoms with Gasteiger partial charge in [0.05, 0.1) is 0 Å². The highest BCUT2D eigenvalue weighted by Crippen LogP contribution is 2.36. The molecule has 3 aliphatic rings. The molecular formula is C30H37Cl2N3O3. The summed E-state index contributed by atoms with van der Waals surface area (Å²) in [6.45, 7) is 9.94. The summed E-state index contributed by atoms with van der Waals surface area (Å²) in [7, 11) is 0. The lowest BCUT2D eigenvalue weighted by Gasteiger charge is -2.37. The highest BCUT2D eigenvalue weighted by molar-refractivity contribution is 6.36. The van der Waals surface area contributed by atoms with Gasteiger partial charge >= 0.3 is 0 Å². The molecule has 3 saturated heterocycles. The standard InChI is InChI=1S/C30H37Cl2N3O3/c1-20(2)33-11-13-34(14-12-33)29(36)22-5-3-21(4-6-22)24-18-27(31)26(28(32)19-24)17-23-7-10-35(30(23)37)25-8-15-38-16-9-25/h3-6,18-20,23,25H,7-17H2,1-2H3/t23-/m0/s1. The predicted molar refractivity (Wildman–Crippen MR) is 152 cm³/mol. The molecule has 0 saturated carbocycles. The maximum absolute atomic E-state index is 13.1. The minimum absolute atomic E-state index is 0.0717. The molecule has 2 amide bonds. The highest BCUT2D eigenvalue weighted by Gasteiger charge is 2.37. The summed E-state index contributed by atoms with van der Waals surface area (Å²) in [6, 6.07) is 12.3. The quantitative estimate of drug-likeness (QED) is 0.477. The fraction of sp³-hybridized carbons (Fsp3) is 0.533. The molecule has 0 aromatic heterocycles. The van der Waals surface area contributed by atoms with Gasteiger partial charge in [-0.15, -0.1) is 0 Å². The van der Waals surface area contributed by atoms with Gasteiger partial charge in [-0.3, -0.25) is 14.5 Å². The lowest BCUT2D eigenvalue weighted by molar-refractivity contribution is -0.134. The average Bonchev–Trinajstić information content (AvgIpc) is 3.30. The number of nitrogens with zero attached hydrogens (tertiary/aromatic N) is 3. The summed E-state index contributed by atoms with van der Waals surface area (Å²) in [4.78, 5) is 32.5. The lowest BCUT2D eigenvalue weighted by atomic mass is 9.95. The van der Waals surface area contributed by atoms with Gasteiger partial charge in [-0.25, -0.2) is 0 Å². The summed E-state index contributed by atoms with van der Waals surface area (Å²) >= 11 is 13.4. The van der Waals surface area contributed by atoms with Crippen LogP contribution >= 0.6 is 23.2 Å². The number of likely N-dealkylation sites (tertiary alicyclic amines) is 1. The second-order valence-corrected chi connectivity index (χ2v) is 11.8. The Balaban J connectivity index is 1.24. The Kier molecular flexibility index (Phi) is 8.63. The van der Waals surface area contributed by atoms with Crippen LogP contribution in [0.3, 0.4) is 0 Å². The van der Waals surface area contributed by atoms with Crippen molar-refractivity contribution >= 4 is 35.0 Å². The topological polar surface area (TPSA) is 53.1 Å². The number of carbonyl (C=O) groups excluding carboxylic acids is 2. The first-order chi connectivity index (χ1) is 18.3. The largest absolute Gasteiger partial charge is 0.381 e. The second-order valence-electron chi connectivity index (χ2n) is 11.0. The van der Waals surface area contributed by atoms with Crippen molar-refractivity contribution in [2.45, 2.75) is 51.6 Å². The van der Waals surface area contributed by atoms with Crippen molar-refractivity contribution in [2.24, 2.45) is 5.92 Å². The number of benzene rings is 2. The van der Waals surface area contributed by atoms with E-state index in [4.69, 9.17) is 27.9 Å². The molecule has 0 radical (unpaired) electrons. The zero-order valence-corrected chi connectivity index (χ0v) is 23.8. The van der Waals surface area contributed by atoms with Crippen LogP contribution in [0.1, 0.15) is 49.0 Å². The molecule has 3 heterocycles. The van der Waals surface area contributed by atoms with E-state index in [-0.39, 0.29) is 23.8 Å². The normalized spacial score (nSPS) is 21.5. The number of ether oxygens (including phenoxy) is 1. The Morgan fingerprint density at radius 3 is 2.16 bits per heavy atom. The monoisotopic (exact) mass is 557 g/mol. The zero-order chi connectivity index (χ0) is 26.8. The molecule has 0 N–H and O–H groups in total. The van der Waals surface area contributed by atoms with E-state index >= 15 is 0 Å². The van der Waals surface area contributed by atoms with Crippen LogP contribution in [-0.4, -0.2) is 84.5 Å². The molecule has 0 aliphatic carbocycles. The van der Waals surface area contributed by atoms with Gasteiger partial charge in [-0.2, -0.15) is 0 Å². The van der Waals surface area contributed by atoms with Crippen molar-refractivity contribution in [1.82, 2.24) is 14.7 Å². The van der Waals surface area contributed by atoms with Crippen molar-refractivity contribution in [2.75, 3.05) is 45.9 Å². The SMILES string of the molecule is CC(C)N1CCN(C(=O)c2ccc(-c3cc(Cl)c(C[C@@H]4CCN(C5CCOCC5)C4=O)c(Cl)c3)cc2)CC1. The maximum Gasteiger partial charge on any atom is 0.253 e. The summed E-state index contributed by atoms with van der Waals surface area (Å²) in [5.41, 5.74) is 3.37. The maximum atomic E-state index is 13.1. The number of rotatable bonds is 6. The van der Waals surface area contributed by atoms with Crippen LogP contribution in [0.5, 0.6) is 0 Å². The third kappa shape index (κ3) is 5.89. The van der Waals surface area contributed by atoms with E-state index in [9.17, 15) is 9.59 Å². The van der Waals surface area contributed by atoms with Crippen LogP contribution in [-0.2, 0) is 16.0 Å². The van der Waals surface area contributed by atoms with E-state index in [0.717, 1.165) is 81.9 Å². The Labute approximate surface area is 235 Å². The van der Waals surface area contributed by atoms with Crippen molar-refractivity contribution in [3.05, 3.63) is 57.6 Å². The molecule has 8 heteroatoms. The molecule has 5 rings (SSSR count). The fourth-order valence-corrected chi connectivity index (χ4v) is 6.59. The molecule has 3 fully saturated rings. The van der Waals surface area contributed by atoms with Crippen LogP contribution in [0, 0.1) is 5.92 Å². The minimum atomic E-state index is -0.0913. The summed E-state index contributed by atoms with van der Waals surface area (Å²) in [5, 5.41) is 1.15. The molecule has 0 bridgehead atoms. The smallest absolute Gasteiger partial charge is 0.253 e. The molecule has 0 spiro atoms. The van der Waals surface area contributed by atoms with Gasteiger partial charge in [-0.1, -0.05) is 35.3 Å². The average molecular weight is 559 g/mol. The Hall–Kier alpha value is -2.12. The first-order valence-corrected chi connectivity index (χ1v) is 14.6. The van der Waals surface area contributed by atoms with Crippen LogP contribution in [0.25, 0.3) is 11.1 Å².